The molecule has 0 saturated heterocycles. The minimum Gasteiger partial charge on any atom is -0.494 e. The number of aliphatic hydroxyl groups excluding tert-OH is 1. The number of amides is 1. The van der Waals surface area contributed by atoms with Crippen molar-refractivity contribution in [1.29, 1.82) is 0 Å². The number of methoxy groups -OCH3 is 2. The Morgan fingerprint density at radius 2 is 1.81 bits per heavy atom. The summed E-state index contributed by atoms with van der Waals surface area (Å²) >= 11 is 0. The Bertz CT molecular complexity index is 1660. The number of carbonyl (C=O) groups excluding carboxylic acids is 2. The predicted octanol–water partition coefficient (Wildman–Crippen LogP) is 6.10. The van der Waals surface area contributed by atoms with Gasteiger partial charge in [-0.2, -0.15) is 0 Å². The minimum absolute atomic E-state index is 0.0134. The summed E-state index contributed by atoms with van der Waals surface area (Å²) in [5.74, 6) is 0.642. The average Bonchev–Trinajstić information content (AvgIpc) is 3.46. The van der Waals surface area contributed by atoms with Gasteiger partial charge in [0.1, 0.15) is 11.4 Å². The average molecular weight is 660 g/mol. The first-order valence-electron chi connectivity index (χ1n) is 15.5. The summed E-state index contributed by atoms with van der Waals surface area (Å²) in [6.45, 7) is 5.69. The maximum Gasteiger partial charge on any atom is 0.306 e. The fourth-order valence-electron chi connectivity index (χ4n) is 5.30. The molecule has 1 aliphatic heterocycles. The molecule has 4 rings (SSSR count). The number of para-hydroxylation sites is 1. The SMILES string of the molecule is COc1cccc(CNC(=O)[C@]2(CCC(=O)OC(C)(C)C)N=C(c3ccc(OCCCO)cc3)O[C@@H]2c2ccccc2N=[N+]=[N-])c1OC. The van der Waals surface area contributed by atoms with Crippen LogP contribution in [0.4, 0.5) is 5.69 Å². The largest absolute Gasteiger partial charge is 0.494 e. The fraction of sp³-hybridized carbons (Fsp3) is 0.400. The molecule has 2 N–H and O–H groups in total. The summed E-state index contributed by atoms with van der Waals surface area (Å²) in [7, 11) is 3.04. The van der Waals surface area contributed by atoms with E-state index in [4.69, 9.17) is 33.8 Å². The molecule has 0 saturated carbocycles. The zero-order chi connectivity index (χ0) is 34.7. The number of nitrogens with one attached hydrogen (secondary N) is 1. The number of esters is 1. The monoisotopic (exact) mass is 659 g/mol. The lowest BCUT2D eigenvalue weighted by Gasteiger charge is -2.31. The van der Waals surface area contributed by atoms with Crippen LogP contribution in [0.1, 0.15) is 62.8 Å². The lowest BCUT2D eigenvalue weighted by atomic mass is 9.82. The van der Waals surface area contributed by atoms with Crippen LogP contribution in [0.2, 0.25) is 0 Å². The van der Waals surface area contributed by atoms with Gasteiger partial charge in [0.15, 0.2) is 23.1 Å². The Kier molecular flexibility index (Phi) is 11.9. The van der Waals surface area contributed by atoms with E-state index in [1.165, 1.54) is 14.2 Å². The molecule has 254 valence electrons. The van der Waals surface area contributed by atoms with Crippen molar-refractivity contribution in [3.63, 3.8) is 0 Å². The summed E-state index contributed by atoms with van der Waals surface area (Å²) in [6, 6.07) is 19.0. The molecule has 0 unspecified atom stereocenters. The summed E-state index contributed by atoms with van der Waals surface area (Å²) in [5.41, 5.74) is 8.77. The van der Waals surface area contributed by atoms with E-state index >= 15 is 0 Å². The van der Waals surface area contributed by atoms with Crippen LogP contribution in [0, 0.1) is 0 Å². The Labute approximate surface area is 279 Å². The van der Waals surface area contributed by atoms with Crippen molar-refractivity contribution >= 4 is 23.5 Å². The number of nitrogens with zero attached hydrogens (tertiary/aromatic N) is 4. The molecular formula is C35H41N5O8. The normalized spacial score (nSPS) is 17.0. The van der Waals surface area contributed by atoms with Gasteiger partial charge in [0.05, 0.1) is 20.8 Å². The van der Waals surface area contributed by atoms with Gasteiger partial charge in [-0.25, -0.2) is 4.99 Å². The molecule has 48 heavy (non-hydrogen) atoms. The first-order valence-corrected chi connectivity index (χ1v) is 15.5. The maximum absolute atomic E-state index is 14.6. The van der Waals surface area contributed by atoms with Gasteiger partial charge in [0, 0.05) is 53.3 Å². The molecule has 0 radical (unpaired) electrons. The molecule has 0 aromatic heterocycles. The highest BCUT2D eigenvalue weighted by molar-refractivity contribution is 6.01. The van der Waals surface area contributed by atoms with Crippen molar-refractivity contribution in [2.45, 2.75) is 63.8 Å². The first-order chi connectivity index (χ1) is 23.0. The smallest absolute Gasteiger partial charge is 0.306 e. The van der Waals surface area contributed by atoms with E-state index in [0.717, 1.165) is 0 Å². The van der Waals surface area contributed by atoms with Gasteiger partial charge >= 0.3 is 5.97 Å². The molecule has 1 aliphatic rings. The molecule has 0 aliphatic carbocycles. The van der Waals surface area contributed by atoms with E-state index in [0.29, 0.717) is 47.0 Å². The van der Waals surface area contributed by atoms with Gasteiger partial charge < -0.3 is 34.1 Å². The van der Waals surface area contributed by atoms with Crippen molar-refractivity contribution in [2.75, 3.05) is 27.4 Å². The number of hydrogen-bond donors (Lipinski definition) is 2. The Hall–Kier alpha value is -5.26. The Morgan fingerprint density at radius 1 is 1.06 bits per heavy atom. The number of carbonyl (C=O) groups is 2. The molecule has 3 aromatic rings. The Balaban J connectivity index is 1.80. The summed E-state index contributed by atoms with van der Waals surface area (Å²) in [6.07, 6.45) is -0.861. The molecule has 3 aromatic carbocycles. The first kappa shape index (κ1) is 35.6. The summed E-state index contributed by atoms with van der Waals surface area (Å²) in [4.78, 5) is 35.5. The number of rotatable bonds is 15. The highest BCUT2D eigenvalue weighted by atomic mass is 16.6. The van der Waals surface area contributed by atoms with Crippen LogP contribution in [-0.4, -0.2) is 61.5 Å². The van der Waals surface area contributed by atoms with Crippen LogP contribution in [0.15, 0.2) is 76.8 Å². The van der Waals surface area contributed by atoms with Gasteiger partial charge in [-0.3, -0.25) is 9.59 Å². The van der Waals surface area contributed by atoms with Crippen molar-refractivity contribution in [3.05, 3.63) is 93.9 Å². The zero-order valence-corrected chi connectivity index (χ0v) is 27.8. The molecule has 2 atom stereocenters. The van der Waals surface area contributed by atoms with Crippen LogP contribution in [0.3, 0.4) is 0 Å². The molecule has 1 heterocycles. The zero-order valence-electron chi connectivity index (χ0n) is 27.8. The number of aliphatic imine (C=N–C) groups is 1. The quantitative estimate of drug-likeness (QED) is 0.0647. The van der Waals surface area contributed by atoms with Crippen LogP contribution in [-0.2, 0) is 25.6 Å². The second-order valence-corrected chi connectivity index (χ2v) is 12.0. The number of ether oxygens (including phenoxy) is 5. The van der Waals surface area contributed by atoms with Crippen LogP contribution < -0.4 is 19.5 Å². The number of aliphatic hydroxyl groups is 1. The molecular weight excluding hydrogens is 618 g/mol. The molecule has 0 fully saturated rings. The van der Waals surface area contributed by atoms with Crippen molar-refractivity contribution in [3.8, 4) is 17.2 Å². The highest BCUT2D eigenvalue weighted by Gasteiger charge is 2.54. The third kappa shape index (κ3) is 8.55. The fourth-order valence-corrected chi connectivity index (χ4v) is 5.30. The topological polar surface area (TPSA) is 174 Å². The van der Waals surface area contributed by atoms with E-state index in [1.807, 2.05) is 0 Å². The molecule has 1 amide bonds. The third-order valence-electron chi connectivity index (χ3n) is 7.46. The molecule has 13 nitrogen and oxygen atoms in total. The maximum atomic E-state index is 14.6. The van der Waals surface area contributed by atoms with E-state index in [-0.39, 0.29) is 37.6 Å². The van der Waals surface area contributed by atoms with Crippen LogP contribution in [0.5, 0.6) is 17.2 Å². The van der Waals surface area contributed by atoms with Crippen LogP contribution >= 0.6 is 0 Å². The van der Waals surface area contributed by atoms with E-state index in [9.17, 15) is 15.1 Å². The second kappa shape index (κ2) is 16.0. The van der Waals surface area contributed by atoms with E-state index in [1.54, 1.807) is 87.5 Å². The van der Waals surface area contributed by atoms with Gasteiger partial charge in [-0.15, -0.1) is 0 Å². The van der Waals surface area contributed by atoms with E-state index in [2.05, 4.69) is 15.3 Å². The lowest BCUT2D eigenvalue weighted by molar-refractivity contribution is -0.155. The van der Waals surface area contributed by atoms with Gasteiger partial charge in [0.25, 0.3) is 5.91 Å². The molecule has 0 spiro atoms. The lowest BCUT2D eigenvalue weighted by Crippen LogP contribution is -2.48. The summed E-state index contributed by atoms with van der Waals surface area (Å²) < 4.78 is 28.7. The molecule has 0 bridgehead atoms. The highest BCUT2D eigenvalue weighted by Crippen LogP contribution is 2.46. The number of azide groups is 1. The number of hydrogen-bond acceptors (Lipinski definition) is 10. The number of benzene rings is 3. The second-order valence-electron chi connectivity index (χ2n) is 12.0. The van der Waals surface area contributed by atoms with Gasteiger partial charge in [-0.05, 0) is 63.1 Å². The molecule has 13 heteroatoms. The van der Waals surface area contributed by atoms with Crippen molar-refractivity contribution in [1.82, 2.24) is 5.32 Å². The van der Waals surface area contributed by atoms with Crippen molar-refractivity contribution in [2.24, 2.45) is 10.1 Å². The van der Waals surface area contributed by atoms with Gasteiger partial charge in [0.2, 0.25) is 5.90 Å². The van der Waals surface area contributed by atoms with Gasteiger partial charge in [-0.1, -0.05) is 41.5 Å². The van der Waals surface area contributed by atoms with E-state index < -0.39 is 29.1 Å². The Morgan fingerprint density at radius 3 is 2.48 bits per heavy atom. The third-order valence-corrected chi connectivity index (χ3v) is 7.46. The predicted molar refractivity (Wildman–Crippen MR) is 178 cm³/mol. The van der Waals surface area contributed by atoms with Crippen LogP contribution in [0.25, 0.3) is 10.4 Å². The summed E-state index contributed by atoms with van der Waals surface area (Å²) in [5, 5.41) is 15.9. The minimum atomic E-state index is -1.70. The van der Waals surface area contributed by atoms with Crippen molar-refractivity contribution < 1.29 is 38.4 Å². The standard InChI is InChI=1S/C35H41N5O8/c1-34(2,3)48-29(42)18-19-35(33(43)37-22-24-10-8-13-28(44-4)30(24)45-5)31(26-11-6-7-12-27(26)39-40-36)47-32(38-35)23-14-16-25(17-15-23)46-21-9-20-41/h6-8,10-17,31,41H,9,18-22H2,1-5H3,(H,37,43)/t31-,35-/m1/s1.